The van der Waals surface area contributed by atoms with Crippen molar-refractivity contribution in [1.82, 2.24) is 15.6 Å². The van der Waals surface area contributed by atoms with Crippen LogP contribution in [0.25, 0.3) is 10.8 Å². The molecular weight excluding hydrogens is 348 g/mol. The van der Waals surface area contributed by atoms with Gasteiger partial charge < -0.3 is 19.8 Å². The molecule has 0 aliphatic heterocycles. The molecule has 1 atom stereocenters. The highest BCUT2D eigenvalue weighted by atomic mass is 32.1. The highest BCUT2D eigenvalue weighted by molar-refractivity contribution is 7.13. The lowest BCUT2D eigenvalue weighted by atomic mass is 10.0. The van der Waals surface area contributed by atoms with Gasteiger partial charge in [-0.1, -0.05) is 19.9 Å². The predicted molar refractivity (Wildman–Crippen MR) is 108 cm³/mol. The molecular formula is C19H30N4O2S. The summed E-state index contributed by atoms with van der Waals surface area (Å²) in [4.78, 5) is 10.1. The van der Waals surface area contributed by atoms with Gasteiger partial charge in [0.15, 0.2) is 5.96 Å². The zero-order valence-corrected chi connectivity index (χ0v) is 16.9. The van der Waals surface area contributed by atoms with Crippen LogP contribution in [-0.4, -0.2) is 36.7 Å². The average Bonchev–Trinajstić information content (AvgIpc) is 3.29. The Kier molecular flexibility index (Phi) is 8.64. The van der Waals surface area contributed by atoms with Crippen LogP contribution in [0.5, 0.6) is 0 Å². The molecule has 0 radical (unpaired) electrons. The van der Waals surface area contributed by atoms with Crippen molar-refractivity contribution in [3.05, 3.63) is 29.5 Å². The van der Waals surface area contributed by atoms with Gasteiger partial charge in [0.05, 0.1) is 17.5 Å². The number of oxazole rings is 1. The standard InChI is InChI=1S/C19H30N4O2S/c1-5-20-19(21-10-9-16(14(3)4)24-6-2)22-12-15-13-25-18(23-15)17-8-7-11-26-17/h7-8,11,13-14,16H,5-6,9-10,12H2,1-4H3,(H2,20,21,22). The Hall–Kier alpha value is -1.86. The fourth-order valence-corrected chi connectivity index (χ4v) is 3.21. The molecule has 7 heteroatoms. The largest absolute Gasteiger partial charge is 0.443 e. The quantitative estimate of drug-likeness (QED) is 0.484. The molecule has 26 heavy (non-hydrogen) atoms. The SMILES string of the molecule is CCNC(=NCc1coc(-c2cccs2)n1)NCCC(OCC)C(C)C. The van der Waals surface area contributed by atoms with Crippen molar-refractivity contribution in [2.45, 2.75) is 46.8 Å². The molecule has 2 N–H and O–H groups in total. The molecule has 0 aromatic carbocycles. The van der Waals surface area contributed by atoms with Crippen LogP contribution in [0.3, 0.4) is 0 Å². The Morgan fingerprint density at radius 1 is 1.35 bits per heavy atom. The maximum Gasteiger partial charge on any atom is 0.236 e. The number of rotatable bonds is 10. The Morgan fingerprint density at radius 3 is 2.85 bits per heavy atom. The van der Waals surface area contributed by atoms with E-state index in [1.54, 1.807) is 17.6 Å². The van der Waals surface area contributed by atoms with E-state index in [-0.39, 0.29) is 6.10 Å². The van der Waals surface area contributed by atoms with Crippen molar-refractivity contribution in [1.29, 1.82) is 0 Å². The van der Waals surface area contributed by atoms with Gasteiger partial charge in [-0.25, -0.2) is 9.98 Å². The monoisotopic (exact) mass is 378 g/mol. The molecule has 2 rings (SSSR count). The lowest BCUT2D eigenvalue weighted by Gasteiger charge is -2.21. The first kappa shape index (κ1) is 20.5. The van der Waals surface area contributed by atoms with E-state index in [1.807, 2.05) is 24.4 Å². The summed E-state index contributed by atoms with van der Waals surface area (Å²) >= 11 is 1.61. The fraction of sp³-hybridized carbons (Fsp3) is 0.579. The van der Waals surface area contributed by atoms with Gasteiger partial charge in [0.1, 0.15) is 12.0 Å². The maximum absolute atomic E-state index is 5.79. The van der Waals surface area contributed by atoms with Gasteiger partial charge in [0.25, 0.3) is 0 Å². The van der Waals surface area contributed by atoms with Gasteiger partial charge in [-0.05, 0) is 37.6 Å². The summed E-state index contributed by atoms with van der Waals surface area (Å²) in [7, 11) is 0. The van der Waals surface area contributed by atoms with Crippen LogP contribution >= 0.6 is 11.3 Å². The van der Waals surface area contributed by atoms with Crippen molar-refractivity contribution in [3.63, 3.8) is 0 Å². The molecule has 0 fully saturated rings. The van der Waals surface area contributed by atoms with Crippen LogP contribution in [0.4, 0.5) is 0 Å². The lowest BCUT2D eigenvalue weighted by molar-refractivity contribution is 0.0258. The van der Waals surface area contributed by atoms with Crippen LogP contribution in [-0.2, 0) is 11.3 Å². The number of thiophene rings is 1. The van der Waals surface area contributed by atoms with E-state index in [9.17, 15) is 0 Å². The minimum atomic E-state index is 0.263. The normalized spacial score (nSPS) is 13.2. The molecule has 2 aromatic heterocycles. The highest BCUT2D eigenvalue weighted by Crippen LogP contribution is 2.23. The van der Waals surface area contributed by atoms with Crippen LogP contribution in [0.15, 0.2) is 33.2 Å². The van der Waals surface area contributed by atoms with Gasteiger partial charge in [0.2, 0.25) is 5.89 Å². The number of ether oxygens (including phenoxy) is 1. The molecule has 144 valence electrons. The third-order valence-corrected chi connectivity index (χ3v) is 4.73. The van der Waals surface area contributed by atoms with Gasteiger partial charge in [0, 0.05) is 19.7 Å². The molecule has 6 nitrogen and oxygen atoms in total. The summed E-state index contributed by atoms with van der Waals surface area (Å²) in [6, 6.07) is 3.99. The Bertz CT molecular complexity index is 652. The van der Waals surface area contributed by atoms with Gasteiger partial charge in [-0.2, -0.15) is 0 Å². The average molecular weight is 379 g/mol. The number of nitrogens with zero attached hydrogens (tertiary/aromatic N) is 2. The zero-order chi connectivity index (χ0) is 18.8. The summed E-state index contributed by atoms with van der Waals surface area (Å²) in [6.45, 7) is 11.3. The van der Waals surface area contributed by atoms with Crippen molar-refractivity contribution in [2.24, 2.45) is 10.9 Å². The summed E-state index contributed by atoms with van der Waals surface area (Å²) in [6.07, 6.45) is 2.88. The number of aliphatic imine (C=N–C) groups is 1. The second-order valence-electron chi connectivity index (χ2n) is 6.27. The van der Waals surface area contributed by atoms with Crippen LogP contribution < -0.4 is 10.6 Å². The minimum Gasteiger partial charge on any atom is -0.443 e. The van der Waals surface area contributed by atoms with Gasteiger partial charge >= 0.3 is 0 Å². The van der Waals surface area contributed by atoms with E-state index in [2.05, 4.69) is 41.4 Å². The second-order valence-corrected chi connectivity index (χ2v) is 7.22. The Balaban J connectivity index is 1.88. The van der Waals surface area contributed by atoms with E-state index < -0.39 is 0 Å². The number of aromatic nitrogens is 1. The number of hydrogen-bond donors (Lipinski definition) is 2. The number of guanidine groups is 1. The summed E-state index contributed by atoms with van der Waals surface area (Å²) < 4.78 is 11.3. The van der Waals surface area contributed by atoms with E-state index >= 15 is 0 Å². The molecule has 0 spiro atoms. The number of nitrogens with one attached hydrogen (secondary N) is 2. The Morgan fingerprint density at radius 2 is 2.19 bits per heavy atom. The Labute approximate surface area is 160 Å². The summed E-state index contributed by atoms with van der Waals surface area (Å²) in [5, 5.41) is 8.65. The molecule has 2 aromatic rings. The van der Waals surface area contributed by atoms with Crippen molar-refractivity contribution >= 4 is 17.3 Å². The predicted octanol–water partition coefficient (Wildman–Crippen LogP) is 3.91. The topological polar surface area (TPSA) is 71.7 Å². The van der Waals surface area contributed by atoms with E-state index in [0.29, 0.717) is 18.4 Å². The molecule has 0 aliphatic carbocycles. The fourth-order valence-electron chi connectivity index (χ4n) is 2.55. The van der Waals surface area contributed by atoms with Crippen molar-refractivity contribution < 1.29 is 9.15 Å². The molecule has 0 amide bonds. The summed E-state index contributed by atoms with van der Waals surface area (Å²) in [5.74, 6) is 1.94. The molecule has 0 aliphatic rings. The second kappa shape index (κ2) is 11.0. The number of hydrogen-bond acceptors (Lipinski definition) is 5. The first-order valence-corrected chi connectivity index (χ1v) is 10.1. The van der Waals surface area contributed by atoms with Crippen LogP contribution in [0.2, 0.25) is 0 Å². The van der Waals surface area contributed by atoms with E-state index in [1.165, 1.54) is 0 Å². The van der Waals surface area contributed by atoms with Crippen molar-refractivity contribution in [2.75, 3.05) is 19.7 Å². The maximum atomic E-state index is 5.79. The van der Waals surface area contributed by atoms with Crippen molar-refractivity contribution in [3.8, 4) is 10.8 Å². The van der Waals surface area contributed by atoms with Crippen LogP contribution in [0, 0.1) is 5.92 Å². The van der Waals surface area contributed by atoms with E-state index in [4.69, 9.17) is 9.15 Å². The third-order valence-electron chi connectivity index (χ3n) is 3.87. The van der Waals surface area contributed by atoms with E-state index in [0.717, 1.165) is 42.6 Å². The van der Waals surface area contributed by atoms with Gasteiger partial charge in [-0.15, -0.1) is 11.3 Å². The first-order valence-electron chi connectivity index (χ1n) is 9.26. The van der Waals surface area contributed by atoms with Gasteiger partial charge in [-0.3, -0.25) is 0 Å². The smallest absolute Gasteiger partial charge is 0.236 e. The molecule has 2 heterocycles. The highest BCUT2D eigenvalue weighted by Gasteiger charge is 2.13. The van der Waals surface area contributed by atoms with Crippen LogP contribution in [0.1, 0.15) is 39.8 Å². The zero-order valence-electron chi connectivity index (χ0n) is 16.1. The third kappa shape index (κ3) is 6.46. The molecule has 0 saturated heterocycles. The summed E-state index contributed by atoms with van der Waals surface area (Å²) in [5.41, 5.74) is 0.819. The molecule has 1 unspecified atom stereocenters. The lowest BCUT2D eigenvalue weighted by Crippen LogP contribution is -2.39. The molecule has 0 bridgehead atoms. The first-order chi connectivity index (χ1) is 12.6. The molecule has 0 saturated carbocycles. The minimum absolute atomic E-state index is 0.263.